The lowest BCUT2D eigenvalue weighted by Gasteiger charge is -2.08. The van der Waals surface area contributed by atoms with E-state index in [-0.39, 0.29) is 12.4 Å². The Bertz CT molecular complexity index is 599. The summed E-state index contributed by atoms with van der Waals surface area (Å²) in [6, 6.07) is 13.9. The van der Waals surface area contributed by atoms with E-state index in [0.29, 0.717) is 16.9 Å². The zero-order valence-corrected chi connectivity index (χ0v) is 10.7. The number of nitrogens with zero attached hydrogens (tertiary/aromatic N) is 1. The lowest BCUT2D eigenvalue weighted by Crippen LogP contribution is -1.99. The maximum Gasteiger partial charge on any atom is 0.129 e. The molecule has 0 saturated heterocycles. The van der Waals surface area contributed by atoms with Gasteiger partial charge in [-0.05, 0) is 42.3 Å². The van der Waals surface area contributed by atoms with E-state index in [1.807, 2.05) is 30.3 Å². The molecule has 0 amide bonds. The van der Waals surface area contributed by atoms with E-state index >= 15 is 0 Å². The summed E-state index contributed by atoms with van der Waals surface area (Å²) in [4.78, 5) is 0. The molecule has 2 aromatic rings. The Hall–Kier alpha value is -2.34. The lowest BCUT2D eigenvalue weighted by molar-refractivity contribution is 0.299. The fourth-order valence-electron chi connectivity index (χ4n) is 1.74. The second kappa shape index (κ2) is 6.01. The quantitative estimate of drug-likeness (QED) is 0.831. The largest absolute Gasteiger partial charge is 0.489 e. The molecule has 0 bridgehead atoms. The Kier molecular flexibility index (Phi) is 4.15. The summed E-state index contributed by atoms with van der Waals surface area (Å²) >= 11 is 0. The SMILES string of the molecule is CCc1ccc(OCc2cc(C#N)ccc2F)cc1. The number of ether oxygens (including phenoxy) is 1. The molecule has 0 aliphatic heterocycles. The van der Waals surface area contributed by atoms with Gasteiger partial charge in [0, 0.05) is 5.56 Å². The van der Waals surface area contributed by atoms with Crippen LogP contribution in [-0.4, -0.2) is 0 Å². The average molecular weight is 255 g/mol. The highest BCUT2D eigenvalue weighted by Gasteiger charge is 2.04. The van der Waals surface area contributed by atoms with Crippen molar-refractivity contribution in [3.05, 3.63) is 65.0 Å². The second-order valence-electron chi connectivity index (χ2n) is 4.20. The maximum absolute atomic E-state index is 13.5. The summed E-state index contributed by atoms with van der Waals surface area (Å²) in [5.74, 6) is 0.336. The van der Waals surface area contributed by atoms with Gasteiger partial charge in [0.25, 0.3) is 0 Å². The Morgan fingerprint density at radius 3 is 2.53 bits per heavy atom. The van der Waals surface area contributed by atoms with Crippen molar-refractivity contribution in [2.75, 3.05) is 0 Å². The first-order valence-electron chi connectivity index (χ1n) is 6.13. The predicted molar refractivity (Wildman–Crippen MR) is 71.3 cm³/mol. The molecular weight excluding hydrogens is 241 g/mol. The van der Waals surface area contributed by atoms with Gasteiger partial charge in [-0.2, -0.15) is 5.26 Å². The van der Waals surface area contributed by atoms with Gasteiger partial charge in [0.1, 0.15) is 18.2 Å². The molecule has 0 heterocycles. The van der Waals surface area contributed by atoms with Crippen molar-refractivity contribution in [2.45, 2.75) is 20.0 Å². The third-order valence-electron chi connectivity index (χ3n) is 2.90. The molecule has 19 heavy (non-hydrogen) atoms. The van der Waals surface area contributed by atoms with Crippen LogP contribution in [0.15, 0.2) is 42.5 Å². The smallest absolute Gasteiger partial charge is 0.129 e. The lowest BCUT2D eigenvalue weighted by atomic mass is 10.1. The molecule has 3 heteroatoms. The molecule has 2 rings (SSSR count). The molecule has 0 spiro atoms. The zero-order valence-electron chi connectivity index (χ0n) is 10.7. The molecule has 0 fully saturated rings. The average Bonchev–Trinajstić information content (AvgIpc) is 2.47. The van der Waals surface area contributed by atoms with Crippen molar-refractivity contribution in [1.29, 1.82) is 5.26 Å². The van der Waals surface area contributed by atoms with Crippen LogP contribution < -0.4 is 4.74 Å². The van der Waals surface area contributed by atoms with E-state index in [1.54, 1.807) is 0 Å². The van der Waals surface area contributed by atoms with Gasteiger partial charge in [-0.15, -0.1) is 0 Å². The maximum atomic E-state index is 13.5. The van der Waals surface area contributed by atoms with Gasteiger partial charge in [0.05, 0.1) is 11.6 Å². The monoisotopic (exact) mass is 255 g/mol. The topological polar surface area (TPSA) is 33.0 Å². The third kappa shape index (κ3) is 3.32. The first-order valence-corrected chi connectivity index (χ1v) is 6.13. The van der Waals surface area contributed by atoms with Crippen LogP contribution in [-0.2, 0) is 13.0 Å². The minimum Gasteiger partial charge on any atom is -0.489 e. The van der Waals surface area contributed by atoms with Crippen molar-refractivity contribution < 1.29 is 9.13 Å². The van der Waals surface area contributed by atoms with Gasteiger partial charge >= 0.3 is 0 Å². The van der Waals surface area contributed by atoms with Gasteiger partial charge in [-0.25, -0.2) is 4.39 Å². The van der Waals surface area contributed by atoms with Gasteiger partial charge in [-0.3, -0.25) is 0 Å². The van der Waals surface area contributed by atoms with Crippen LogP contribution in [0, 0.1) is 17.1 Å². The van der Waals surface area contributed by atoms with Gasteiger partial charge in [0.2, 0.25) is 0 Å². The first-order chi connectivity index (χ1) is 9.22. The van der Waals surface area contributed by atoms with E-state index < -0.39 is 0 Å². The Labute approximate surface area is 112 Å². The van der Waals surface area contributed by atoms with Crippen LogP contribution >= 0.6 is 0 Å². The summed E-state index contributed by atoms with van der Waals surface area (Å²) in [6.45, 7) is 2.20. The molecule has 0 radical (unpaired) electrons. The normalized spacial score (nSPS) is 9.95. The van der Waals surface area contributed by atoms with Gasteiger partial charge in [-0.1, -0.05) is 19.1 Å². The first kappa shape index (κ1) is 13.1. The standard InChI is InChI=1S/C16H14FNO/c1-2-12-3-6-15(7-4-12)19-11-14-9-13(10-18)5-8-16(14)17/h3-9H,2,11H2,1H3. The highest BCUT2D eigenvalue weighted by Crippen LogP contribution is 2.16. The Morgan fingerprint density at radius 2 is 1.89 bits per heavy atom. The second-order valence-corrected chi connectivity index (χ2v) is 4.20. The fourth-order valence-corrected chi connectivity index (χ4v) is 1.74. The van der Waals surface area contributed by atoms with Crippen LogP contribution in [0.2, 0.25) is 0 Å². The van der Waals surface area contributed by atoms with E-state index in [9.17, 15) is 4.39 Å². The molecule has 0 aliphatic carbocycles. The molecule has 0 aromatic heterocycles. The minimum absolute atomic E-state index is 0.118. The van der Waals surface area contributed by atoms with E-state index in [0.717, 1.165) is 6.42 Å². The molecular formula is C16H14FNO. The molecule has 96 valence electrons. The molecule has 2 nitrogen and oxygen atoms in total. The number of hydrogen-bond acceptors (Lipinski definition) is 2. The van der Waals surface area contributed by atoms with Crippen molar-refractivity contribution in [3.63, 3.8) is 0 Å². The van der Waals surface area contributed by atoms with Gasteiger partial charge < -0.3 is 4.74 Å². The zero-order chi connectivity index (χ0) is 13.7. The minimum atomic E-state index is -0.357. The van der Waals surface area contributed by atoms with E-state index in [2.05, 4.69) is 6.92 Å². The fraction of sp³-hybridized carbons (Fsp3) is 0.188. The molecule has 0 aliphatic rings. The number of rotatable bonds is 4. The predicted octanol–water partition coefficient (Wildman–Crippen LogP) is 3.84. The third-order valence-corrected chi connectivity index (χ3v) is 2.90. The summed E-state index contributed by atoms with van der Waals surface area (Å²) in [7, 11) is 0. The Morgan fingerprint density at radius 1 is 1.16 bits per heavy atom. The van der Waals surface area contributed by atoms with E-state index in [4.69, 9.17) is 10.00 Å². The summed E-state index contributed by atoms with van der Waals surface area (Å²) < 4.78 is 19.1. The number of aryl methyl sites for hydroxylation is 1. The number of benzene rings is 2. The van der Waals surface area contributed by atoms with Crippen LogP contribution in [0.1, 0.15) is 23.6 Å². The van der Waals surface area contributed by atoms with Gasteiger partial charge in [0.15, 0.2) is 0 Å². The summed E-state index contributed by atoms with van der Waals surface area (Å²) in [5.41, 5.74) is 2.05. The van der Waals surface area contributed by atoms with Crippen molar-refractivity contribution in [3.8, 4) is 11.8 Å². The molecule has 0 atom stereocenters. The van der Waals surface area contributed by atoms with Crippen LogP contribution in [0.3, 0.4) is 0 Å². The number of nitriles is 1. The number of hydrogen-bond donors (Lipinski definition) is 0. The van der Waals surface area contributed by atoms with Crippen molar-refractivity contribution >= 4 is 0 Å². The molecule has 0 unspecified atom stereocenters. The highest BCUT2D eigenvalue weighted by atomic mass is 19.1. The molecule has 2 aromatic carbocycles. The van der Waals surface area contributed by atoms with Crippen LogP contribution in [0.4, 0.5) is 4.39 Å². The Balaban J connectivity index is 2.07. The van der Waals surface area contributed by atoms with Crippen molar-refractivity contribution in [1.82, 2.24) is 0 Å². The highest BCUT2D eigenvalue weighted by molar-refractivity contribution is 5.34. The summed E-state index contributed by atoms with van der Waals surface area (Å²) in [6.07, 6.45) is 0.971. The van der Waals surface area contributed by atoms with E-state index in [1.165, 1.54) is 23.8 Å². The summed E-state index contributed by atoms with van der Waals surface area (Å²) in [5, 5.41) is 8.78. The molecule has 0 N–H and O–H groups in total. The molecule has 0 saturated carbocycles. The van der Waals surface area contributed by atoms with Crippen molar-refractivity contribution in [2.24, 2.45) is 0 Å². The van der Waals surface area contributed by atoms with Crippen LogP contribution in [0.25, 0.3) is 0 Å². The van der Waals surface area contributed by atoms with Crippen LogP contribution in [0.5, 0.6) is 5.75 Å². The number of halogens is 1.